The molecule has 192 valence electrons. The summed E-state index contributed by atoms with van der Waals surface area (Å²) in [5, 5.41) is 5.45. The fourth-order valence-electron chi connectivity index (χ4n) is 4.82. The highest BCUT2D eigenvalue weighted by Crippen LogP contribution is 2.35. The van der Waals surface area contributed by atoms with Gasteiger partial charge in [-0.2, -0.15) is 18.3 Å². The predicted octanol–water partition coefficient (Wildman–Crippen LogP) is 6.86. The minimum absolute atomic E-state index is 0.0980. The number of aryl methyl sites for hydroxylation is 2. The summed E-state index contributed by atoms with van der Waals surface area (Å²) in [6.45, 7) is 6.03. The smallest absolute Gasteiger partial charge is 0.339 e. The van der Waals surface area contributed by atoms with Crippen molar-refractivity contribution in [2.45, 2.75) is 52.8 Å². The normalized spacial score (nSPS) is 15.1. The van der Waals surface area contributed by atoms with Crippen LogP contribution >= 0.6 is 23.2 Å². The SMILES string of the molecule is CC(=O)CC1CCN(C(=O)c2ccc(Cl)c(Cn3nc4c(C)cc(C(F)(F)F)cc4c3C)c2Cl)CC1. The van der Waals surface area contributed by atoms with E-state index in [4.69, 9.17) is 23.2 Å². The van der Waals surface area contributed by atoms with E-state index in [1.165, 1.54) is 0 Å². The van der Waals surface area contributed by atoms with Crippen molar-refractivity contribution in [1.29, 1.82) is 0 Å². The summed E-state index contributed by atoms with van der Waals surface area (Å²) in [5.41, 5.74) is 1.47. The maximum absolute atomic E-state index is 13.3. The lowest BCUT2D eigenvalue weighted by atomic mass is 9.91. The summed E-state index contributed by atoms with van der Waals surface area (Å²) in [5.74, 6) is 0.213. The molecule has 0 aliphatic carbocycles. The predicted molar refractivity (Wildman–Crippen MR) is 134 cm³/mol. The Labute approximate surface area is 217 Å². The number of carbonyl (C=O) groups excluding carboxylic acids is 2. The lowest BCUT2D eigenvalue weighted by molar-refractivity contribution is -0.137. The lowest BCUT2D eigenvalue weighted by Gasteiger charge is -2.32. The number of hydrogen-bond donors (Lipinski definition) is 0. The van der Waals surface area contributed by atoms with Gasteiger partial charge in [0.05, 0.1) is 28.2 Å². The first-order chi connectivity index (χ1) is 16.9. The van der Waals surface area contributed by atoms with Crippen molar-refractivity contribution in [3.05, 3.63) is 62.3 Å². The first-order valence-electron chi connectivity index (χ1n) is 11.7. The molecule has 1 aliphatic rings. The Kier molecular flexibility index (Phi) is 7.40. The number of halogens is 5. The monoisotopic (exact) mass is 539 g/mol. The molecule has 0 spiro atoms. The topological polar surface area (TPSA) is 55.2 Å². The van der Waals surface area contributed by atoms with Crippen LogP contribution in [0.2, 0.25) is 10.0 Å². The first kappa shape index (κ1) is 26.5. The summed E-state index contributed by atoms with van der Waals surface area (Å²) in [7, 11) is 0. The lowest BCUT2D eigenvalue weighted by Crippen LogP contribution is -2.39. The molecule has 5 nitrogen and oxygen atoms in total. The average molecular weight is 540 g/mol. The zero-order chi connectivity index (χ0) is 26.4. The van der Waals surface area contributed by atoms with Crippen LogP contribution in [-0.4, -0.2) is 39.5 Å². The third kappa shape index (κ3) is 5.25. The van der Waals surface area contributed by atoms with Gasteiger partial charge in [-0.15, -0.1) is 0 Å². The van der Waals surface area contributed by atoms with Crippen LogP contribution in [0.4, 0.5) is 13.2 Å². The second kappa shape index (κ2) is 10.1. The molecule has 0 bridgehead atoms. The standard InChI is InChI=1S/C26H26Cl2F3N3O2/c1-14-10-18(26(29,30)31)12-20-16(3)34(32-24(14)20)13-21-22(27)5-4-19(23(21)28)25(36)33-8-6-17(7-9-33)11-15(2)35/h4-5,10,12,17H,6-9,11,13H2,1-3H3. The molecule has 1 fully saturated rings. The van der Waals surface area contributed by atoms with Gasteiger partial charge in [0.1, 0.15) is 5.78 Å². The van der Waals surface area contributed by atoms with E-state index in [9.17, 15) is 22.8 Å². The molecule has 0 radical (unpaired) electrons. The van der Waals surface area contributed by atoms with Crippen LogP contribution in [0.1, 0.15) is 58.9 Å². The Balaban J connectivity index is 1.62. The number of likely N-dealkylation sites (tertiary alicyclic amines) is 1. The summed E-state index contributed by atoms with van der Waals surface area (Å²) in [6, 6.07) is 5.37. The fourth-order valence-corrected chi connectivity index (χ4v) is 5.39. The molecule has 1 aliphatic heterocycles. The number of rotatable bonds is 5. The Bertz CT molecular complexity index is 1340. The van der Waals surface area contributed by atoms with Gasteiger partial charge in [-0.05, 0) is 69.4 Å². The Morgan fingerprint density at radius 3 is 2.39 bits per heavy atom. The van der Waals surface area contributed by atoms with E-state index in [1.54, 1.807) is 42.5 Å². The van der Waals surface area contributed by atoms with Crippen LogP contribution in [-0.2, 0) is 17.5 Å². The van der Waals surface area contributed by atoms with Crippen LogP contribution in [0, 0.1) is 19.8 Å². The highest BCUT2D eigenvalue weighted by atomic mass is 35.5. The van der Waals surface area contributed by atoms with Gasteiger partial charge in [-0.1, -0.05) is 23.2 Å². The molecule has 3 aromatic rings. The van der Waals surface area contributed by atoms with Gasteiger partial charge in [0, 0.05) is 41.2 Å². The number of amides is 1. The summed E-state index contributed by atoms with van der Waals surface area (Å²) in [4.78, 5) is 26.4. The van der Waals surface area contributed by atoms with Gasteiger partial charge in [-0.25, -0.2) is 0 Å². The van der Waals surface area contributed by atoms with Gasteiger partial charge in [-0.3, -0.25) is 9.48 Å². The number of Topliss-reactive ketones (excluding diaryl/α,β-unsaturated/α-hetero) is 1. The van der Waals surface area contributed by atoms with Gasteiger partial charge >= 0.3 is 6.18 Å². The van der Waals surface area contributed by atoms with Gasteiger partial charge in [0.25, 0.3) is 5.91 Å². The van der Waals surface area contributed by atoms with Crippen LogP contribution in [0.25, 0.3) is 10.9 Å². The molecule has 1 amide bonds. The first-order valence-corrected chi connectivity index (χ1v) is 12.4. The van der Waals surface area contributed by atoms with E-state index in [0.717, 1.165) is 25.0 Å². The zero-order valence-corrected chi connectivity index (χ0v) is 21.7. The zero-order valence-electron chi connectivity index (χ0n) is 20.2. The minimum Gasteiger partial charge on any atom is -0.339 e. The van der Waals surface area contributed by atoms with Crippen LogP contribution in [0.15, 0.2) is 24.3 Å². The number of nitrogens with zero attached hydrogens (tertiary/aromatic N) is 3. The Morgan fingerprint density at radius 1 is 1.11 bits per heavy atom. The average Bonchev–Trinajstić information content (AvgIpc) is 3.12. The van der Waals surface area contributed by atoms with E-state index in [1.807, 2.05) is 0 Å². The highest BCUT2D eigenvalue weighted by molar-refractivity contribution is 6.38. The van der Waals surface area contributed by atoms with Crippen molar-refractivity contribution in [2.75, 3.05) is 13.1 Å². The van der Waals surface area contributed by atoms with E-state index in [-0.39, 0.29) is 29.2 Å². The maximum atomic E-state index is 13.3. The van der Waals surface area contributed by atoms with Crippen molar-refractivity contribution >= 4 is 45.8 Å². The number of hydrogen-bond acceptors (Lipinski definition) is 3. The van der Waals surface area contributed by atoms with E-state index in [2.05, 4.69) is 5.10 Å². The Hall–Kier alpha value is -2.58. The number of alkyl halides is 3. The second-order valence-electron chi connectivity index (χ2n) is 9.46. The van der Waals surface area contributed by atoms with E-state index >= 15 is 0 Å². The summed E-state index contributed by atoms with van der Waals surface area (Å²) in [6.07, 6.45) is -2.44. The molecule has 2 heterocycles. The molecule has 1 saturated heterocycles. The Morgan fingerprint density at radius 2 is 1.78 bits per heavy atom. The van der Waals surface area contributed by atoms with E-state index < -0.39 is 11.7 Å². The third-order valence-corrected chi connectivity index (χ3v) is 7.61. The third-order valence-electron chi connectivity index (χ3n) is 6.83. The number of aromatic nitrogens is 2. The molecule has 1 aromatic heterocycles. The molecule has 36 heavy (non-hydrogen) atoms. The molecule has 10 heteroatoms. The van der Waals surface area contributed by atoms with Crippen molar-refractivity contribution in [3.63, 3.8) is 0 Å². The number of benzene rings is 2. The molecule has 0 atom stereocenters. The van der Waals surface area contributed by atoms with Crippen molar-refractivity contribution < 1.29 is 22.8 Å². The minimum atomic E-state index is -4.46. The van der Waals surface area contributed by atoms with Crippen molar-refractivity contribution in [2.24, 2.45) is 5.92 Å². The molecule has 4 rings (SSSR count). The quantitative estimate of drug-likeness (QED) is 0.356. The molecular formula is C26H26Cl2F3N3O2. The van der Waals surface area contributed by atoms with Crippen molar-refractivity contribution in [3.8, 4) is 0 Å². The van der Waals surface area contributed by atoms with Gasteiger partial charge in [0.2, 0.25) is 0 Å². The molecule has 0 unspecified atom stereocenters. The molecule has 0 N–H and O–H groups in total. The summed E-state index contributed by atoms with van der Waals surface area (Å²) < 4.78 is 41.5. The van der Waals surface area contributed by atoms with E-state index in [0.29, 0.717) is 57.8 Å². The summed E-state index contributed by atoms with van der Waals surface area (Å²) >= 11 is 13.1. The molecular weight excluding hydrogens is 514 g/mol. The maximum Gasteiger partial charge on any atom is 0.416 e. The number of carbonyl (C=O) groups is 2. The molecule has 0 saturated carbocycles. The van der Waals surface area contributed by atoms with Crippen LogP contribution < -0.4 is 0 Å². The number of ketones is 1. The van der Waals surface area contributed by atoms with Crippen molar-refractivity contribution in [1.82, 2.24) is 14.7 Å². The molecule has 2 aromatic carbocycles. The fraction of sp³-hybridized carbons (Fsp3) is 0.423. The number of fused-ring (bicyclic) bond motifs is 1. The highest BCUT2D eigenvalue weighted by Gasteiger charge is 2.32. The van der Waals surface area contributed by atoms with Crippen LogP contribution in [0.5, 0.6) is 0 Å². The number of piperidine rings is 1. The second-order valence-corrected chi connectivity index (χ2v) is 10.2. The largest absolute Gasteiger partial charge is 0.416 e. The van der Waals surface area contributed by atoms with Crippen LogP contribution in [0.3, 0.4) is 0 Å². The van der Waals surface area contributed by atoms with Gasteiger partial charge in [0.15, 0.2) is 0 Å². The van der Waals surface area contributed by atoms with Gasteiger partial charge < -0.3 is 9.69 Å².